The van der Waals surface area contributed by atoms with Gasteiger partial charge in [0.25, 0.3) is 0 Å². The van der Waals surface area contributed by atoms with E-state index in [1.54, 1.807) is 13.0 Å². The molecule has 9 N–H and O–H groups in total. The quantitative estimate of drug-likeness (QED) is 0.0595. The van der Waals surface area contributed by atoms with Crippen molar-refractivity contribution in [3.8, 4) is 0 Å². The molecule has 12 atom stereocenters. The third kappa shape index (κ3) is 11.6. The van der Waals surface area contributed by atoms with E-state index in [0.29, 0.717) is 0 Å². The third-order valence-corrected chi connectivity index (χ3v) is 7.79. The van der Waals surface area contributed by atoms with Crippen LogP contribution in [0.5, 0.6) is 0 Å². The van der Waals surface area contributed by atoms with Crippen LogP contribution in [-0.2, 0) is 23.7 Å². The minimum absolute atomic E-state index is 0.162. The molecule has 43 heavy (non-hydrogen) atoms. The minimum atomic E-state index is -1.78. The van der Waals surface area contributed by atoms with Crippen molar-refractivity contribution in [2.24, 2.45) is 0 Å². The molecule has 0 saturated carbocycles. The predicted octanol–water partition coefficient (Wildman–Crippen LogP) is -1.42. The Kier molecular flexibility index (Phi) is 17.6. The van der Waals surface area contributed by atoms with E-state index < -0.39 is 86.8 Å². The molecule has 2 aliphatic rings. The van der Waals surface area contributed by atoms with E-state index in [-0.39, 0.29) is 18.9 Å². The number of nitrogens with one attached hydrogen (secondary N) is 1. The molecule has 12 unspecified atom stereocenters. The lowest BCUT2D eigenvalue weighted by molar-refractivity contribution is -0.359. The summed E-state index contributed by atoms with van der Waals surface area (Å²) in [6.45, 7) is 2.11. The van der Waals surface area contributed by atoms with E-state index in [1.165, 1.54) is 25.7 Å². The normalized spacial score (nSPS) is 34.7. The Morgan fingerprint density at radius 3 is 2.05 bits per heavy atom. The van der Waals surface area contributed by atoms with Gasteiger partial charge in [0.2, 0.25) is 5.91 Å². The largest absolute Gasteiger partial charge is 0.394 e. The molecule has 0 aromatic heterocycles. The summed E-state index contributed by atoms with van der Waals surface area (Å²) in [6, 6.07) is -0.902. The fourth-order valence-electron chi connectivity index (χ4n) is 5.02. The highest BCUT2D eigenvalue weighted by molar-refractivity contribution is 5.75. The predicted molar refractivity (Wildman–Crippen MR) is 152 cm³/mol. The van der Waals surface area contributed by atoms with Gasteiger partial charge in [0.1, 0.15) is 48.8 Å². The van der Waals surface area contributed by atoms with Gasteiger partial charge in [0.15, 0.2) is 12.6 Å². The highest BCUT2D eigenvalue weighted by atomic mass is 16.7. The van der Waals surface area contributed by atoms with Crippen LogP contribution in [0.3, 0.4) is 0 Å². The van der Waals surface area contributed by atoms with Gasteiger partial charge < -0.3 is 65.1 Å². The van der Waals surface area contributed by atoms with Crippen molar-refractivity contribution in [1.82, 2.24) is 5.32 Å². The molecule has 0 aliphatic carbocycles. The van der Waals surface area contributed by atoms with Crippen LogP contribution in [-0.4, -0.2) is 140 Å². The van der Waals surface area contributed by atoms with E-state index in [9.17, 15) is 45.6 Å². The summed E-state index contributed by atoms with van der Waals surface area (Å²) in [5.41, 5.74) is 0. The Bertz CT molecular complexity index is 800. The second kappa shape index (κ2) is 20.0. The van der Waals surface area contributed by atoms with Gasteiger partial charge in [-0.2, -0.15) is 0 Å². The standard InChI is InChI=1S/C29H53NO13/c1-3-5-6-7-8-9-10-11-12-13-18(33)17(30-21(34)4-2)16-40-28-26(39)24(37)27(20(15-32)42-28)43-29-25(38)23(36)22(35)19(14-31)41-29/h12-13,17-20,22-29,31-33,35-39H,3-11,14-16H2,1-2H3,(H,30,34)/b13-12+. The first-order chi connectivity index (χ1) is 20.6. The van der Waals surface area contributed by atoms with E-state index in [1.807, 2.05) is 6.08 Å². The monoisotopic (exact) mass is 623 g/mol. The molecule has 0 aromatic carbocycles. The van der Waals surface area contributed by atoms with Crippen LogP contribution in [0.4, 0.5) is 0 Å². The second-order valence-corrected chi connectivity index (χ2v) is 11.2. The number of aliphatic hydroxyl groups excluding tert-OH is 8. The van der Waals surface area contributed by atoms with Crippen LogP contribution in [0.25, 0.3) is 0 Å². The summed E-state index contributed by atoms with van der Waals surface area (Å²) in [7, 11) is 0. The van der Waals surface area contributed by atoms with Crippen molar-refractivity contribution < 1.29 is 64.6 Å². The molecule has 2 heterocycles. The van der Waals surface area contributed by atoms with Crippen LogP contribution in [0.15, 0.2) is 12.2 Å². The van der Waals surface area contributed by atoms with Gasteiger partial charge in [0, 0.05) is 6.42 Å². The smallest absolute Gasteiger partial charge is 0.220 e. The fourth-order valence-corrected chi connectivity index (χ4v) is 5.02. The zero-order valence-electron chi connectivity index (χ0n) is 25.2. The number of carbonyl (C=O) groups excluding carboxylic acids is 1. The number of unbranched alkanes of at least 4 members (excludes halogenated alkanes) is 7. The lowest BCUT2D eigenvalue weighted by atomic mass is 9.97. The molecule has 252 valence electrons. The molecule has 2 saturated heterocycles. The summed E-state index contributed by atoms with van der Waals surface area (Å²) < 4.78 is 22.1. The lowest BCUT2D eigenvalue weighted by Crippen LogP contribution is -2.65. The Hall–Kier alpha value is -1.27. The first-order valence-corrected chi connectivity index (χ1v) is 15.4. The number of hydrogen-bond donors (Lipinski definition) is 9. The molecule has 0 bridgehead atoms. The number of ether oxygens (including phenoxy) is 4. The Morgan fingerprint density at radius 1 is 0.814 bits per heavy atom. The van der Waals surface area contributed by atoms with Crippen molar-refractivity contribution >= 4 is 5.91 Å². The van der Waals surface area contributed by atoms with Gasteiger partial charge in [-0.1, -0.05) is 64.5 Å². The fraction of sp³-hybridized carbons (Fsp3) is 0.897. The first kappa shape index (κ1) is 37.9. The average molecular weight is 624 g/mol. The van der Waals surface area contributed by atoms with Crippen LogP contribution in [0, 0.1) is 0 Å². The molecule has 1 amide bonds. The molecule has 14 heteroatoms. The Morgan fingerprint density at radius 2 is 1.42 bits per heavy atom. The number of aliphatic hydroxyl groups is 8. The van der Waals surface area contributed by atoms with Gasteiger partial charge in [-0.05, 0) is 12.8 Å². The molecule has 0 spiro atoms. The summed E-state index contributed by atoms with van der Waals surface area (Å²) in [5, 5.41) is 84.5. The van der Waals surface area contributed by atoms with Crippen molar-refractivity contribution in [1.29, 1.82) is 0 Å². The topological polar surface area (TPSA) is 228 Å². The number of allylic oxidation sites excluding steroid dienone is 1. The number of carbonyl (C=O) groups is 1. The third-order valence-electron chi connectivity index (χ3n) is 7.79. The van der Waals surface area contributed by atoms with E-state index >= 15 is 0 Å². The van der Waals surface area contributed by atoms with Crippen molar-refractivity contribution in [2.45, 2.75) is 145 Å². The van der Waals surface area contributed by atoms with Gasteiger partial charge in [-0.15, -0.1) is 0 Å². The second-order valence-electron chi connectivity index (χ2n) is 11.2. The molecule has 2 rings (SSSR count). The first-order valence-electron chi connectivity index (χ1n) is 15.4. The molecular formula is C29H53NO13. The number of rotatable bonds is 19. The summed E-state index contributed by atoms with van der Waals surface area (Å²) >= 11 is 0. The van der Waals surface area contributed by atoms with Gasteiger partial charge in [0.05, 0.1) is 32.0 Å². The van der Waals surface area contributed by atoms with Crippen LogP contribution >= 0.6 is 0 Å². The maximum atomic E-state index is 12.1. The lowest BCUT2D eigenvalue weighted by Gasteiger charge is -2.46. The van der Waals surface area contributed by atoms with Crippen LogP contribution < -0.4 is 5.32 Å². The highest BCUT2D eigenvalue weighted by Crippen LogP contribution is 2.29. The maximum Gasteiger partial charge on any atom is 0.220 e. The van der Waals surface area contributed by atoms with Gasteiger partial charge >= 0.3 is 0 Å². The summed E-state index contributed by atoms with van der Waals surface area (Å²) in [6.07, 6.45) is -4.41. The van der Waals surface area contributed by atoms with E-state index in [0.717, 1.165) is 25.7 Å². The zero-order chi connectivity index (χ0) is 31.9. The van der Waals surface area contributed by atoms with Gasteiger partial charge in [-0.3, -0.25) is 4.79 Å². The summed E-state index contributed by atoms with van der Waals surface area (Å²) in [5.74, 6) is -0.334. The van der Waals surface area contributed by atoms with Crippen molar-refractivity contribution in [3.63, 3.8) is 0 Å². The number of hydrogen-bond acceptors (Lipinski definition) is 13. The zero-order valence-corrected chi connectivity index (χ0v) is 25.2. The molecule has 0 aromatic rings. The average Bonchev–Trinajstić information content (AvgIpc) is 3.01. The van der Waals surface area contributed by atoms with Crippen LogP contribution in [0.1, 0.15) is 71.6 Å². The van der Waals surface area contributed by atoms with Crippen molar-refractivity contribution in [3.05, 3.63) is 12.2 Å². The molecule has 2 fully saturated rings. The molecule has 0 radical (unpaired) electrons. The van der Waals surface area contributed by atoms with E-state index in [4.69, 9.17) is 18.9 Å². The van der Waals surface area contributed by atoms with Gasteiger partial charge in [-0.25, -0.2) is 0 Å². The molecular weight excluding hydrogens is 570 g/mol. The van der Waals surface area contributed by atoms with Crippen molar-refractivity contribution in [2.75, 3.05) is 19.8 Å². The van der Waals surface area contributed by atoms with Crippen LogP contribution in [0.2, 0.25) is 0 Å². The highest BCUT2D eigenvalue weighted by Gasteiger charge is 2.50. The van der Waals surface area contributed by atoms with E-state index in [2.05, 4.69) is 12.2 Å². The minimum Gasteiger partial charge on any atom is -0.394 e. The summed E-state index contributed by atoms with van der Waals surface area (Å²) in [4.78, 5) is 12.1. The Labute approximate surface area is 253 Å². The SMILES string of the molecule is CCCCCCCCC/C=C/C(O)C(COC1OC(CO)C(OC2OC(CO)C(O)C(O)C2O)C(O)C1O)NC(=O)CC. The molecule has 14 nitrogen and oxygen atoms in total. The number of amides is 1. The Balaban J connectivity index is 1.96. The molecule has 2 aliphatic heterocycles. The maximum absolute atomic E-state index is 12.1.